The predicted octanol–water partition coefficient (Wildman–Crippen LogP) is 1.39. The largest absolute Gasteiger partial charge is 0.480 e. The van der Waals surface area contributed by atoms with Gasteiger partial charge in [-0.2, -0.15) is 0 Å². The quantitative estimate of drug-likeness (QED) is 0.744. The van der Waals surface area contributed by atoms with Gasteiger partial charge in [0.15, 0.2) is 0 Å². The Morgan fingerprint density at radius 1 is 1.33 bits per heavy atom. The van der Waals surface area contributed by atoms with Crippen LogP contribution >= 0.6 is 0 Å². The maximum atomic E-state index is 11.7. The minimum absolute atomic E-state index is 0.306. The molecule has 2 unspecified atom stereocenters. The van der Waals surface area contributed by atoms with Crippen LogP contribution in [0.15, 0.2) is 0 Å². The van der Waals surface area contributed by atoms with E-state index < -0.39 is 11.5 Å². The van der Waals surface area contributed by atoms with Crippen LogP contribution in [-0.4, -0.2) is 71.7 Å². The van der Waals surface area contributed by atoms with E-state index in [1.807, 2.05) is 6.92 Å². The molecule has 0 spiro atoms. The van der Waals surface area contributed by atoms with Gasteiger partial charge in [-0.05, 0) is 73.1 Å². The molecule has 5 heteroatoms. The van der Waals surface area contributed by atoms with Gasteiger partial charge in [-0.3, -0.25) is 10.1 Å². The van der Waals surface area contributed by atoms with Gasteiger partial charge < -0.3 is 14.9 Å². The lowest BCUT2D eigenvalue weighted by Gasteiger charge is -2.40. The third-order valence-corrected chi connectivity index (χ3v) is 5.13. The average molecular weight is 297 g/mol. The van der Waals surface area contributed by atoms with Gasteiger partial charge in [0, 0.05) is 18.1 Å². The van der Waals surface area contributed by atoms with Gasteiger partial charge in [0.1, 0.15) is 5.54 Å². The molecule has 1 aliphatic heterocycles. The summed E-state index contributed by atoms with van der Waals surface area (Å²) in [6, 6.07) is 1.39. The van der Waals surface area contributed by atoms with Crippen molar-refractivity contribution in [2.45, 2.75) is 69.6 Å². The highest BCUT2D eigenvalue weighted by Crippen LogP contribution is 2.27. The van der Waals surface area contributed by atoms with Crippen LogP contribution in [0.1, 0.15) is 46.0 Å². The first-order chi connectivity index (χ1) is 9.82. The number of likely N-dealkylation sites (tertiary alicyclic amines) is 1. The van der Waals surface area contributed by atoms with E-state index in [0.29, 0.717) is 24.5 Å². The number of hydrogen-bond donors (Lipinski definition) is 2. The second-order valence-corrected chi connectivity index (χ2v) is 7.34. The molecule has 1 heterocycles. The minimum atomic E-state index is -0.793. The highest BCUT2D eigenvalue weighted by molar-refractivity contribution is 5.78. The van der Waals surface area contributed by atoms with Gasteiger partial charge in [-0.1, -0.05) is 0 Å². The van der Waals surface area contributed by atoms with E-state index in [-0.39, 0.29) is 0 Å². The standard InChI is InChI=1S/C16H31N3O2/c1-12(19-9-7-14(8-10-19)18(3)4)11-16(2,15(20)21)17-13-5-6-13/h12-14,17H,5-11H2,1-4H3,(H,20,21). The Balaban J connectivity index is 1.87. The molecule has 2 N–H and O–H groups in total. The summed E-state index contributed by atoms with van der Waals surface area (Å²) < 4.78 is 0. The second kappa shape index (κ2) is 6.63. The van der Waals surface area contributed by atoms with Crippen LogP contribution in [0.5, 0.6) is 0 Å². The maximum absolute atomic E-state index is 11.7. The van der Waals surface area contributed by atoms with Crippen molar-refractivity contribution in [3.8, 4) is 0 Å². The first-order valence-electron chi connectivity index (χ1n) is 8.23. The lowest BCUT2D eigenvalue weighted by Crippen LogP contribution is -2.55. The molecule has 122 valence electrons. The number of carboxylic acids is 1. The topological polar surface area (TPSA) is 55.8 Å². The van der Waals surface area contributed by atoms with Crippen LogP contribution in [0.3, 0.4) is 0 Å². The molecule has 2 rings (SSSR count). The highest BCUT2D eigenvalue weighted by Gasteiger charge is 2.40. The number of piperidine rings is 1. The van der Waals surface area contributed by atoms with Crippen molar-refractivity contribution in [3.05, 3.63) is 0 Å². The Hall–Kier alpha value is -0.650. The van der Waals surface area contributed by atoms with Crippen molar-refractivity contribution in [1.82, 2.24) is 15.1 Å². The van der Waals surface area contributed by atoms with Crippen LogP contribution in [0.2, 0.25) is 0 Å². The number of carboxylic acid groups (broad SMARTS) is 1. The van der Waals surface area contributed by atoms with Gasteiger partial charge in [0.25, 0.3) is 0 Å². The summed E-state index contributed by atoms with van der Waals surface area (Å²) in [7, 11) is 4.29. The highest BCUT2D eigenvalue weighted by atomic mass is 16.4. The summed E-state index contributed by atoms with van der Waals surface area (Å²) in [6.07, 6.45) is 5.26. The monoisotopic (exact) mass is 297 g/mol. The third-order valence-electron chi connectivity index (χ3n) is 5.13. The van der Waals surface area contributed by atoms with Gasteiger partial charge in [0.2, 0.25) is 0 Å². The lowest BCUT2D eigenvalue weighted by molar-refractivity contribution is -0.145. The molecule has 5 nitrogen and oxygen atoms in total. The smallest absolute Gasteiger partial charge is 0.323 e. The molecule has 2 fully saturated rings. The number of hydrogen-bond acceptors (Lipinski definition) is 4. The average Bonchev–Trinajstić information content (AvgIpc) is 3.22. The summed E-state index contributed by atoms with van der Waals surface area (Å²) in [5.41, 5.74) is -0.793. The van der Waals surface area contributed by atoms with Crippen molar-refractivity contribution < 1.29 is 9.90 Å². The van der Waals surface area contributed by atoms with Gasteiger partial charge >= 0.3 is 5.97 Å². The molecule has 1 saturated heterocycles. The molecular formula is C16H31N3O2. The van der Waals surface area contributed by atoms with Crippen LogP contribution in [0.25, 0.3) is 0 Å². The van der Waals surface area contributed by atoms with Crippen molar-refractivity contribution in [3.63, 3.8) is 0 Å². The maximum Gasteiger partial charge on any atom is 0.323 e. The molecule has 0 aromatic heterocycles. The Morgan fingerprint density at radius 3 is 2.33 bits per heavy atom. The van der Waals surface area contributed by atoms with Crippen LogP contribution in [0, 0.1) is 0 Å². The van der Waals surface area contributed by atoms with E-state index in [1.54, 1.807) is 0 Å². The molecule has 0 amide bonds. The van der Waals surface area contributed by atoms with Crippen LogP contribution in [-0.2, 0) is 4.79 Å². The summed E-state index contributed by atoms with van der Waals surface area (Å²) in [6.45, 7) is 6.16. The number of nitrogens with zero attached hydrogens (tertiary/aromatic N) is 2. The molecule has 21 heavy (non-hydrogen) atoms. The fraction of sp³-hybridized carbons (Fsp3) is 0.938. The van der Waals surface area contributed by atoms with E-state index in [9.17, 15) is 9.90 Å². The van der Waals surface area contributed by atoms with Crippen LogP contribution in [0.4, 0.5) is 0 Å². The normalized spacial score (nSPS) is 25.8. The summed E-state index contributed by atoms with van der Waals surface area (Å²) >= 11 is 0. The Labute approximate surface area is 128 Å². The van der Waals surface area contributed by atoms with E-state index in [0.717, 1.165) is 25.9 Å². The first kappa shape index (κ1) is 16.7. The van der Waals surface area contributed by atoms with E-state index in [4.69, 9.17) is 0 Å². The zero-order valence-corrected chi connectivity index (χ0v) is 13.9. The number of carbonyl (C=O) groups is 1. The molecule has 0 radical (unpaired) electrons. The zero-order chi connectivity index (χ0) is 15.6. The summed E-state index contributed by atoms with van der Waals surface area (Å²) in [5.74, 6) is -0.718. The predicted molar refractivity (Wildman–Crippen MR) is 84.6 cm³/mol. The van der Waals surface area contributed by atoms with Gasteiger partial charge in [-0.15, -0.1) is 0 Å². The number of rotatable bonds is 7. The molecule has 1 aliphatic carbocycles. The molecular weight excluding hydrogens is 266 g/mol. The fourth-order valence-electron chi connectivity index (χ4n) is 3.45. The SMILES string of the molecule is CC(CC(C)(NC1CC1)C(=O)O)N1CCC(N(C)C)CC1. The molecule has 2 atom stereocenters. The zero-order valence-electron chi connectivity index (χ0n) is 13.9. The Bertz CT molecular complexity index is 363. The van der Waals surface area contributed by atoms with E-state index in [1.165, 1.54) is 12.8 Å². The van der Waals surface area contributed by atoms with Crippen molar-refractivity contribution in [2.24, 2.45) is 0 Å². The van der Waals surface area contributed by atoms with Gasteiger partial charge in [-0.25, -0.2) is 0 Å². The number of nitrogens with one attached hydrogen (secondary N) is 1. The molecule has 0 aromatic carbocycles. The molecule has 1 saturated carbocycles. The summed E-state index contributed by atoms with van der Waals surface area (Å²) in [4.78, 5) is 16.4. The molecule has 2 aliphatic rings. The van der Waals surface area contributed by atoms with Crippen molar-refractivity contribution in [1.29, 1.82) is 0 Å². The Morgan fingerprint density at radius 2 is 1.90 bits per heavy atom. The lowest BCUT2D eigenvalue weighted by atomic mass is 9.91. The van der Waals surface area contributed by atoms with Crippen molar-refractivity contribution in [2.75, 3.05) is 27.2 Å². The van der Waals surface area contributed by atoms with E-state index in [2.05, 4.69) is 36.1 Å². The minimum Gasteiger partial charge on any atom is -0.480 e. The third kappa shape index (κ3) is 4.41. The number of aliphatic carboxylic acids is 1. The second-order valence-electron chi connectivity index (χ2n) is 7.34. The first-order valence-corrected chi connectivity index (χ1v) is 8.23. The van der Waals surface area contributed by atoms with Gasteiger partial charge in [0.05, 0.1) is 0 Å². The molecule has 0 bridgehead atoms. The van der Waals surface area contributed by atoms with Crippen LogP contribution < -0.4 is 5.32 Å². The Kier molecular flexibility index (Phi) is 5.28. The van der Waals surface area contributed by atoms with Crippen molar-refractivity contribution >= 4 is 5.97 Å². The molecule has 0 aromatic rings. The fourth-order valence-corrected chi connectivity index (χ4v) is 3.45. The van der Waals surface area contributed by atoms with E-state index >= 15 is 0 Å². The summed E-state index contributed by atoms with van der Waals surface area (Å²) in [5, 5.41) is 12.9.